The topological polar surface area (TPSA) is 103 Å². The molecular formula is C30H38FN7O3. The number of methoxy groups -OCH3 is 1. The second kappa shape index (κ2) is 11.9. The van der Waals surface area contributed by atoms with Gasteiger partial charge in [-0.2, -0.15) is 4.98 Å². The van der Waals surface area contributed by atoms with Crippen LogP contribution in [0.1, 0.15) is 55.3 Å². The summed E-state index contributed by atoms with van der Waals surface area (Å²) < 4.78 is 21.4. The largest absolute Gasteiger partial charge is 0.495 e. The minimum Gasteiger partial charge on any atom is -0.495 e. The van der Waals surface area contributed by atoms with Gasteiger partial charge in [0.05, 0.1) is 25.5 Å². The minimum atomic E-state index is -2.48. The van der Waals surface area contributed by atoms with Crippen LogP contribution in [0.5, 0.6) is 5.75 Å². The number of fused-ring (bicyclic) bond motifs is 1. The van der Waals surface area contributed by atoms with Crippen molar-refractivity contribution in [1.29, 1.82) is 0 Å². The molecule has 10 nitrogen and oxygen atoms in total. The summed E-state index contributed by atoms with van der Waals surface area (Å²) in [5.74, 6) is 2.30. The van der Waals surface area contributed by atoms with Crippen LogP contribution in [0.4, 0.5) is 27.5 Å². The Kier molecular flexibility index (Phi) is 8.31. The number of hydrogen-bond acceptors (Lipinski definition) is 8. The van der Waals surface area contributed by atoms with Crippen LogP contribution in [0.25, 0.3) is 0 Å². The average molecular weight is 564 g/mol. The van der Waals surface area contributed by atoms with E-state index in [1.54, 1.807) is 18.2 Å². The fourth-order valence-electron chi connectivity index (χ4n) is 5.91. The van der Waals surface area contributed by atoms with Crippen molar-refractivity contribution in [2.24, 2.45) is 0 Å². The molecule has 0 radical (unpaired) electrons. The lowest BCUT2D eigenvalue weighted by atomic mass is 9.93. The molecule has 1 aromatic heterocycles. The Labute approximate surface area is 240 Å². The molecule has 2 aliphatic heterocycles. The number of halogens is 1. The van der Waals surface area contributed by atoms with E-state index < -0.39 is 11.6 Å². The van der Waals surface area contributed by atoms with Crippen molar-refractivity contribution in [3.8, 4) is 18.1 Å². The molecule has 1 atom stereocenters. The molecule has 2 fully saturated rings. The van der Waals surface area contributed by atoms with Gasteiger partial charge in [0, 0.05) is 24.7 Å². The van der Waals surface area contributed by atoms with Crippen molar-refractivity contribution in [3.63, 3.8) is 0 Å². The van der Waals surface area contributed by atoms with Crippen LogP contribution in [0.15, 0.2) is 24.4 Å². The number of aromatic nitrogens is 2. The van der Waals surface area contributed by atoms with E-state index in [1.165, 1.54) is 25.3 Å². The first-order valence-electron chi connectivity index (χ1n) is 14.3. The lowest BCUT2D eigenvalue weighted by Crippen LogP contribution is -2.51. The average Bonchev–Trinajstić information content (AvgIpc) is 3.08. The lowest BCUT2D eigenvalue weighted by Gasteiger charge is -2.36. The van der Waals surface area contributed by atoms with Crippen LogP contribution in [-0.4, -0.2) is 85.3 Å². The Balaban J connectivity index is 1.41. The van der Waals surface area contributed by atoms with Crippen LogP contribution in [0.3, 0.4) is 0 Å². The third kappa shape index (κ3) is 5.93. The first-order chi connectivity index (χ1) is 19.7. The summed E-state index contributed by atoms with van der Waals surface area (Å²) >= 11 is 0. The van der Waals surface area contributed by atoms with E-state index in [0.29, 0.717) is 28.5 Å². The predicted molar refractivity (Wildman–Crippen MR) is 157 cm³/mol. The molecule has 1 unspecified atom stereocenters. The number of nitrogens with zero attached hydrogens (tertiary/aromatic N) is 5. The van der Waals surface area contributed by atoms with Crippen LogP contribution < -0.4 is 25.2 Å². The van der Waals surface area contributed by atoms with Gasteiger partial charge >= 0.3 is 0 Å². The lowest BCUT2D eigenvalue weighted by molar-refractivity contribution is -0.125. The summed E-state index contributed by atoms with van der Waals surface area (Å²) in [6, 6.07) is 5.30. The molecule has 2 amide bonds. The zero-order valence-corrected chi connectivity index (χ0v) is 24.0. The molecular weight excluding hydrogens is 525 g/mol. The molecule has 1 saturated carbocycles. The standard InChI is InChI=1S/C30H38FN7O3/c1-5-30(31)19-38(22-9-7-6-8-10-22)26-24(37(3)28(30)40)18-32-29(35-26)34-23-12-11-20(17-25(23)41-4)27(39)33-21-13-15-36(2)16-14-21/h1,11-12,17-18,21-22H,6-10,13-16,19H2,2-4H3,(H,33,39)(H,32,34,35). The third-order valence-corrected chi connectivity index (χ3v) is 8.42. The second-order valence-corrected chi connectivity index (χ2v) is 11.2. The van der Waals surface area contributed by atoms with Gasteiger partial charge in [0.2, 0.25) is 5.95 Å². The van der Waals surface area contributed by atoms with Crippen molar-refractivity contribution >= 4 is 35.0 Å². The highest BCUT2D eigenvalue weighted by Gasteiger charge is 2.47. The number of rotatable bonds is 6. The number of piperidine rings is 1. The molecule has 0 spiro atoms. The van der Waals surface area contributed by atoms with Crippen molar-refractivity contribution in [2.75, 3.05) is 56.0 Å². The number of ether oxygens (including phenoxy) is 1. The maximum atomic E-state index is 15.8. The van der Waals surface area contributed by atoms with E-state index in [-0.39, 0.29) is 30.5 Å². The van der Waals surface area contributed by atoms with Crippen molar-refractivity contribution in [2.45, 2.75) is 62.7 Å². The number of carbonyl (C=O) groups is 2. The summed E-state index contributed by atoms with van der Waals surface area (Å²) in [5, 5.41) is 6.30. The zero-order valence-electron chi connectivity index (χ0n) is 24.0. The Morgan fingerprint density at radius 2 is 1.90 bits per heavy atom. The number of benzene rings is 1. The Morgan fingerprint density at radius 1 is 1.17 bits per heavy atom. The molecule has 11 heteroatoms. The van der Waals surface area contributed by atoms with Gasteiger partial charge in [0.25, 0.3) is 17.5 Å². The number of hydrogen-bond donors (Lipinski definition) is 2. The van der Waals surface area contributed by atoms with Crippen molar-refractivity contribution in [1.82, 2.24) is 20.2 Å². The molecule has 1 aliphatic carbocycles. The van der Waals surface area contributed by atoms with Gasteiger partial charge in [-0.25, -0.2) is 9.37 Å². The molecule has 2 N–H and O–H groups in total. The maximum absolute atomic E-state index is 15.8. The molecule has 3 heterocycles. The van der Waals surface area contributed by atoms with Gasteiger partial charge in [-0.15, -0.1) is 6.42 Å². The Bertz CT molecular complexity index is 1330. The van der Waals surface area contributed by atoms with Crippen molar-refractivity contribution < 1.29 is 18.7 Å². The van der Waals surface area contributed by atoms with Gasteiger partial charge in [-0.05, 0) is 64.0 Å². The van der Waals surface area contributed by atoms with Gasteiger partial charge in [-0.3, -0.25) is 9.59 Å². The van der Waals surface area contributed by atoms with Crippen LogP contribution in [0, 0.1) is 12.3 Å². The SMILES string of the molecule is C#CC1(F)CN(C2CCCCC2)c2nc(Nc3ccc(C(=O)NC4CCN(C)CC4)cc3OC)ncc2N(C)C1=O. The molecule has 1 aromatic carbocycles. The fourth-order valence-corrected chi connectivity index (χ4v) is 5.91. The minimum absolute atomic E-state index is 0.00456. The Hall–Kier alpha value is -3.91. The first-order valence-corrected chi connectivity index (χ1v) is 14.3. The number of likely N-dealkylation sites (tertiary alicyclic amines) is 1. The summed E-state index contributed by atoms with van der Waals surface area (Å²) in [6.07, 6.45) is 13.8. The summed E-state index contributed by atoms with van der Waals surface area (Å²) in [4.78, 5) is 40.5. The van der Waals surface area contributed by atoms with E-state index >= 15 is 4.39 Å². The highest BCUT2D eigenvalue weighted by Crippen LogP contribution is 2.39. The molecule has 218 valence electrons. The highest BCUT2D eigenvalue weighted by atomic mass is 19.1. The Morgan fingerprint density at radius 3 is 2.59 bits per heavy atom. The maximum Gasteiger partial charge on any atom is 0.279 e. The predicted octanol–water partition coefficient (Wildman–Crippen LogP) is 3.51. The smallest absolute Gasteiger partial charge is 0.279 e. The molecule has 1 saturated heterocycles. The number of amides is 2. The fraction of sp³-hybridized carbons (Fsp3) is 0.533. The highest BCUT2D eigenvalue weighted by molar-refractivity contribution is 6.05. The van der Waals surface area contributed by atoms with E-state index in [4.69, 9.17) is 16.1 Å². The molecule has 0 bridgehead atoms. The number of alkyl halides is 1. The summed E-state index contributed by atoms with van der Waals surface area (Å²) in [7, 11) is 5.11. The summed E-state index contributed by atoms with van der Waals surface area (Å²) in [5.41, 5.74) is -1.03. The number of anilines is 4. The monoisotopic (exact) mass is 563 g/mol. The number of terminal acetylenes is 1. The van der Waals surface area contributed by atoms with E-state index in [9.17, 15) is 9.59 Å². The van der Waals surface area contributed by atoms with Gasteiger partial charge in [-0.1, -0.05) is 25.2 Å². The van der Waals surface area contributed by atoms with Gasteiger partial charge in [0.1, 0.15) is 11.4 Å². The summed E-state index contributed by atoms with van der Waals surface area (Å²) in [6.45, 7) is 1.63. The normalized spacial score (nSPS) is 22.5. The first kappa shape index (κ1) is 28.6. The molecule has 3 aliphatic rings. The zero-order chi connectivity index (χ0) is 29.1. The molecule has 2 aromatic rings. The van der Waals surface area contributed by atoms with Gasteiger partial charge < -0.3 is 30.1 Å². The van der Waals surface area contributed by atoms with Crippen LogP contribution >= 0.6 is 0 Å². The van der Waals surface area contributed by atoms with E-state index in [1.807, 2.05) is 4.90 Å². The van der Waals surface area contributed by atoms with E-state index in [0.717, 1.165) is 58.0 Å². The third-order valence-electron chi connectivity index (χ3n) is 8.42. The van der Waals surface area contributed by atoms with E-state index in [2.05, 4.69) is 33.5 Å². The number of carbonyl (C=O) groups excluding carboxylic acids is 2. The van der Waals surface area contributed by atoms with Crippen molar-refractivity contribution in [3.05, 3.63) is 30.0 Å². The molecule has 41 heavy (non-hydrogen) atoms. The van der Waals surface area contributed by atoms with Gasteiger partial charge in [0.15, 0.2) is 5.82 Å². The van der Waals surface area contributed by atoms with Crippen LogP contribution in [0.2, 0.25) is 0 Å². The quantitative estimate of drug-likeness (QED) is 0.515. The molecule has 5 rings (SSSR count). The van der Waals surface area contributed by atoms with Crippen LogP contribution in [-0.2, 0) is 4.79 Å². The number of nitrogens with one attached hydrogen (secondary N) is 2. The second-order valence-electron chi connectivity index (χ2n) is 11.2.